The van der Waals surface area contributed by atoms with Crippen LogP contribution in [-0.2, 0) is 26.0 Å². The van der Waals surface area contributed by atoms with Crippen LogP contribution in [-0.4, -0.2) is 44.9 Å². The number of carbonyl (C=O) groups excluding carboxylic acids is 1. The van der Waals surface area contributed by atoms with Gasteiger partial charge in [0.1, 0.15) is 12.4 Å². The molecule has 1 heterocycles. The van der Waals surface area contributed by atoms with Gasteiger partial charge in [0.2, 0.25) is 15.9 Å². The number of benzene rings is 2. The number of amides is 1. The van der Waals surface area contributed by atoms with Gasteiger partial charge in [-0.15, -0.1) is 0 Å². The molecule has 1 saturated heterocycles. The number of hydrogen-bond acceptors (Lipinski definition) is 4. The molecular weight excluding hydrogens is 495 g/mol. The van der Waals surface area contributed by atoms with Crippen molar-refractivity contribution in [2.75, 3.05) is 26.2 Å². The van der Waals surface area contributed by atoms with Crippen LogP contribution in [0.3, 0.4) is 0 Å². The molecule has 9 heteroatoms. The SMILES string of the molecule is CC(C)(C)c1ccc(OCCNC(=O)C2CCN(S(=O)(=O)Cc3ccc(Cl)cc3Cl)CC2)cc1. The normalized spacial score (nSPS) is 15.8. The second-order valence-electron chi connectivity index (χ2n) is 9.58. The maximum absolute atomic E-state index is 12.8. The van der Waals surface area contributed by atoms with Gasteiger partial charge >= 0.3 is 0 Å². The molecule has 2 aromatic carbocycles. The lowest BCUT2D eigenvalue weighted by molar-refractivity contribution is -0.126. The molecule has 2 aromatic rings. The Hall–Kier alpha value is -1.80. The summed E-state index contributed by atoms with van der Waals surface area (Å²) in [5.41, 5.74) is 1.83. The minimum Gasteiger partial charge on any atom is -0.492 e. The fraction of sp³-hybridized carbons (Fsp3) is 0.480. The zero-order valence-corrected chi connectivity index (χ0v) is 22.1. The van der Waals surface area contributed by atoms with Gasteiger partial charge < -0.3 is 10.1 Å². The number of halogens is 2. The van der Waals surface area contributed by atoms with E-state index in [-0.39, 0.29) is 23.0 Å². The van der Waals surface area contributed by atoms with Crippen LogP contribution in [0.2, 0.25) is 10.0 Å². The molecule has 34 heavy (non-hydrogen) atoms. The zero-order valence-electron chi connectivity index (χ0n) is 19.8. The molecule has 0 unspecified atom stereocenters. The number of piperidine rings is 1. The average molecular weight is 528 g/mol. The van der Waals surface area contributed by atoms with Gasteiger partial charge in [-0.1, -0.05) is 62.2 Å². The second kappa shape index (κ2) is 11.3. The molecule has 6 nitrogen and oxygen atoms in total. The summed E-state index contributed by atoms with van der Waals surface area (Å²) in [6.07, 6.45) is 0.961. The highest BCUT2D eigenvalue weighted by Crippen LogP contribution is 2.27. The number of hydrogen-bond donors (Lipinski definition) is 1. The minimum atomic E-state index is -3.53. The number of carbonyl (C=O) groups is 1. The van der Waals surface area contributed by atoms with Crippen molar-refractivity contribution >= 4 is 39.1 Å². The van der Waals surface area contributed by atoms with Crippen molar-refractivity contribution in [1.82, 2.24) is 9.62 Å². The molecule has 0 radical (unpaired) electrons. The van der Waals surface area contributed by atoms with Crippen molar-refractivity contribution < 1.29 is 17.9 Å². The van der Waals surface area contributed by atoms with Gasteiger partial charge in [0.05, 0.1) is 12.3 Å². The van der Waals surface area contributed by atoms with Crippen LogP contribution in [0.25, 0.3) is 0 Å². The summed E-state index contributed by atoms with van der Waals surface area (Å²) in [4.78, 5) is 12.5. The summed E-state index contributed by atoms with van der Waals surface area (Å²) in [5, 5.41) is 3.69. The Labute approximate surface area is 212 Å². The van der Waals surface area contributed by atoms with Gasteiger partial charge in [-0.3, -0.25) is 4.79 Å². The van der Waals surface area contributed by atoms with Crippen LogP contribution in [0.4, 0.5) is 0 Å². The molecule has 0 spiro atoms. The number of rotatable bonds is 8. The fourth-order valence-electron chi connectivity index (χ4n) is 3.86. The Kier molecular flexibility index (Phi) is 8.90. The van der Waals surface area contributed by atoms with Crippen molar-refractivity contribution in [3.63, 3.8) is 0 Å². The highest BCUT2D eigenvalue weighted by molar-refractivity contribution is 7.88. The summed E-state index contributed by atoms with van der Waals surface area (Å²) < 4.78 is 32.8. The van der Waals surface area contributed by atoms with Gasteiger partial charge in [0.25, 0.3) is 0 Å². The van der Waals surface area contributed by atoms with E-state index >= 15 is 0 Å². The predicted molar refractivity (Wildman–Crippen MR) is 137 cm³/mol. The molecule has 1 N–H and O–H groups in total. The highest BCUT2D eigenvalue weighted by atomic mass is 35.5. The molecule has 0 atom stereocenters. The van der Waals surface area contributed by atoms with Gasteiger partial charge in [-0.25, -0.2) is 12.7 Å². The Balaban J connectivity index is 1.41. The van der Waals surface area contributed by atoms with Crippen LogP contribution in [0.15, 0.2) is 42.5 Å². The van der Waals surface area contributed by atoms with E-state index in [1.165, 1.54) is 15.9 Å². The number of nitrogens with one attached hydrogen (secondary N) is 1. The Morgan fingerprint density at radius 3 is 2.32 bits per heavy atom. The molecule has 1 fully saturated rings. The van der Waals surface area contributed by atoms with E-state index in [4.69, 9.17) is 27.9 Å². The van der Waals surface area contributed by atoms with E-state index in [1.54, 1.807) is 12.1 Å². The summed E-state index contributed by atoms with van der Waals surface area (Å²) in [7, 11) is -3.53. The third-order valence-corrected chi connectivity index (χ3v) is 8.38. The van der Waals surface area contributed by atoms with Crippen molar-refractivity contribution in [1.29, 1.82) is 0 Å². The van der Waals surface area contributed by atoms with Gasteiger partial charge in [-0.2, -0.15) is 0 Å². The van der Waals surface area contributed by atoms with E-state index in [0.717, 1.165) is 5.75 Å². The smallest absolute Gasteiger partial charge is 0.223 e. The summed E-state index contributed by atoms with van der Waals surface area (Å²) in [6.45, 7) is 7.86. The van der Waals surface area contributed by atoms with Crippen LogP contribution in [0.5, 0.6) is 5.75 Å². The molecule has 1 aliphatic rings. The Bertz CT molecular complexity index is 1090. The summed E-state index contributed by atoms with van der Waals surface area (Å²) in [5.74, 6) is 0.302. The Morgan fingerprint density at radius 1 is 1.09 bits per heavy atom. The molecule has 0 saturated carbocycles. The highest BCUT2D eigenvalue weighted by Gasteiger charge is 2.31. The molecule has 186 valence electrons. The molecule has 0 aliphatic carbocycles. The summed E-state index contributed by atoms with van der Waals surface area (Å²) in [6, 6.07) is 12.8. The standard InChI is InChI=1S/C25H32Cl2N2O4S/c1-25(2,3)20-5-8-22(9-6-20)33-15-12-28-24(30)18-10-13-29(14-11-18)34(31,32)17-19-4-7-21(26)16-23(19)27/h4-9,16,18H,10-15,17H2,1-3H3,(H,28,30). The van der Waals surface area contributed by atoms with Gasteiger partial charge in [0.15, 0.2) is 0 Å². The van der Waals surface area contributed by atoms with Gasteiger partial charge in [-0.05, 0) is 53.6 Å². The lowest BCUT2D eigenvalue weighted by atomic mass is 9.87. The maximum atomic E-state index is 12.8. The van der Waals surface area contributed by atoms with Crippen LogP contribution >= 0.6 is 23.2 Å². The number of ether oxygens (including phenoxy) is 1. The lowest BCUT2D eigenvalue weighted by Crippen LogP contribution is -2.44. The van der Waals surface area contributed by atoms with E-state index < -0.39 is 10.0 Å². The second-order valence-corrected chi connectivity index (χ2v) is 12.4. The topological polar surface area (TPSA) is 75.7 Å². The summed E-state index contributed by atoms with van der Waals surface area (Å²) >= 11 is 12.0. The maximum Gasteiger partial charge on any atom is 0.223 e. The third-order valence-electron chi connectivity index (χ3n) is 5.96. The Morgan fingerprint density at radius 2 is 1.74 bits per heavy atom. The molecule has 1 amide bonds. The van der Waals surface area contributed by atoms with E-state index in [2.05, 4.69) is 38.2 Å². The molecule has 0 bridgehead atoms. The lowest BCUT2D eigenvalue weighted by Gasteiger charge is -2.30. The molecule has 0 aromatic heterocycles. The third kappa shape index (κ3) is 7.35. The van der Waals surface area contributed by atoms with E-state index in [9.17, 15) is 13.2 Å². The first-order chi connectivity index (χ1) is 16.0. The van der Waals surface area contributed by atoms with Crippen LogP contribution in [0.1, 0.15) is 44.7 Å². The van der Waals surface area contributed by atoms with Crippen molar-refractivity contribution in [2.24, 2.45) is 5.92 Å². The molecule has 1 aliphatic heterocycles. The first-order valence-electron chi connectivity index (χ1n) is 11.4. The zero-order chi connectivity index (χ0) is 24.9. The van der Waals surface area contributed by atoms with Crippen molar-refractivity contribution in [3.8, 4) is 5.75 Å². The van der Waals surface area contributed by atoms with Crippen molar-refractivity contribution in [2.45, 2.75) is 44.8 Å². The van der Waals surface area contributed by atoms with E-state index in [1.807, 2.05) is 12.1 Å². The van der Waals surface area contributed by atoms with E-state index in [0.29, 0.717) is 54.7 Å². The largest absolute Gasteiger partial charge is 0.492 e. The first-order valence-corrected chi connectivity index (χ1v) is 13.7. The first kappa shape index (κ1) is 26.8. The number of sulfonamides is 1. The predicted octanol–water partition coefficient (Wildman–Crippen LogP) is 5.03. The van der Waals surface area contributed by atoms with Crippen molar-refractivity contribution in [3.05, 3.63) is 63.6 Å². The number of nitrogens with zero attached hydrogens (tertiary/aromatic N) is 1. The quantitative estimate of drug-likeness (QED) is 0.489. The minimum absolute atomic E-state index is 0.0653. The van der Waals surface area contributed by atoms with Crippen LogP contribution in [0, 0.1) is 5.92 Å². The molecular formula is C25H32Cl2N2O4S. The molecule has 3 rings (SSSR count). The average Bonchev–Trinajstić information content (AvgIpc) is 2.78. The fourth-order valence-corrected chi connectivity index (χ4v) is 6.01. The van der Waals surface area contributed by atoms with Gasteiger partial charge in [0, 0.05) is 29.1 Å². The van der Waals surface area contributed by atoms with Crippen LogP contribution < -0.4 is 10.1 Å². The monoisotopic (exact) mass is 526 g/mol.